The molecule has 1 aliphatic heterocycles. The van der Waals surface area contributed by atoms with Crippen molar-refractivity contribution >= 4 is 18.3 Å². The summed E-state index contributed by atoms with van der Waals surface area (Å²) in [5, 5.41) is 0. The summed E-state index contributed by atoms with van der Waals surface area (Å²) in [6.45, 7) is 5.09. The van der Waals surface area contributed by atoms with Crippen LogP contribution < -0.4 is 5.73 Å². The molecule has 0 aromatic heterocycles. The van der Waals surface area contributed by atoms with Gasteiger partial charge in [0.2, 0.25) is 5.91 Å². The average molecular weight is 205 g/mol. The van der Waals surface area contributed by atoms with Gasteiger partial charge in [-0.3, -0.25) is 4.79 Å². The van der Waals surface area contributed by atoms with Gasteiger partial charge in [0, 0.05) is 12.1 Å². The standard InChI is InChI=1S/C9H16N2O.ClH/c1-8(2)5-6-11(8)7(12)9(10)3-4-9;/h3-6,10H2,1-2H3;1H. The number of hydrogen-bond donors (Lipinski definition) is 1. The molecule has 1 amide bonds. The molecule has 0 bridgehead atoms. The number of amides is 1. The zero-order valence-electron chi connectivity index (χ0n) is 8.17. The lowest BCUT2D eigenvalue weighted by Gasteiger charge is -2.49. The lowest BCUT2D eigenvalue weighted by atomic mass is 9.88. The van der Waals surface area contributed by atoms with Crippen molar-refractivity contribution in [2.45, 2.75) is 44.2 Å². The zero-order valence-corrected chi connectivity index (χ0v) is 8.99. The number of carbonyl (C=O) groups is 1. The SMILES string of the molecule is CC1(C)CCN1C(=O)C1(N)CC1.Cl. The first-order valence-electron chi connectivity index (χ1n) is 4.57. The maximum atomic E-state index is 11.7. The van der Waals surface area contributed by atoms with Crippen molar-refractivity contribution in [3.63, 3.8) is 0 Å². The Morgan fingerprint density at radius 2 is 1.85 bits per heavy atom. The minimum atomic E-state index is -0.475. The van der Waals surface area contributed by atoms with Crippen molar-refractivity contribution in [3.05, 3.63) is 0 Å². The fourth-order valence-corrected chi connectivity index (χ4v) is 1.66. The Bertz CT molecular complexity index is 236. The van der Waals surface area contributed by atoms with E-state index in [-0.39, 0.29) is 23.9 Å². The molecule has 0 aromatic carbocycles. The summed E-state index contributed by atoms with van der Waals surface area (Å²) in [5.41, 5.74) is 5.42. The van der Waals surface area contributed by atoms with E-state index < -0.39 is 5.54 Å². The topological polar surface area (TPSA) is 46.3 Å². The molecular weight excluding hydrogens is 188 g/mol. The van der Waals surface area contributed by atoms with E-state index in [1.54, 1.807) is 0 Å². The van der Waals surface area contributed by atoms with Crippen molar-refractivity contribution in [2.75, 3.05) is 6.54 Å². The normalized spacial score (nSPS) is 27.2. The number of nitrogens with two attached hydrogens (primary N) is 1. The molecule has 0 radical (unpaired) electrons. The molecule has 1 saturated carbocycles. The Morgan fingerprint density at radius 3 is 2.08 bits per heavy atom. The molecule has 1 heterocycles. The maximum absolute atomic E-state index is 11.7. The second kappa shape index (κ2) is 2.85. The number of hydrogen-bond acceptors (Lipinski definition) is 2. The van der Waals surface area contributed by atoms with Crippen LogP contribution in [0.4, 0.5) is 0 Å². The van der Waals surface area contributed by atoms with Gasteiger partial charge < -0.3 is 10.6 Å². The van der Waals surface area contributed by atoms with Gasteiger partial charge in [0.1, 0.15) is 0 Å². The molecule has 1 saturated heterocycles. The Balaban J connectivity index is 0.000000845. The molecule has 0 atom stereocenters. The molecule has 4 heteroatoms. The lowest BCUT2D eigenvalue weighted by Crippen LogP contribution is -2.62. The van der Waals surface area contributed by atoms with Crippen LogP contribution in [0, 0.1) is 0 Å². The fourth-order valence-electron chi connectivity index (χ4n) is 1.66. The Labute approximate surface area is 85.1 Å². The number of nitrogens with zero attached hydrogens (tertiary/aromatic N) is 1. The minimum Gasteiger partial charge on any atom is -0.336 e. The van der Waals surface area contributed by atoms with Crippen LogP contribution in [-0.4, -0.2) is 28.4 Å². The predicted molar refractivity (Wildman–Crippen MR) is 53.8 cm³/mol. The van der Waals surface area contributed by atoms with E-state index in [1.165, 1.54) is 0 Å². The zero-order chi connectivity index (χ0) is 8.98. The van der Waals surface area contributed by atoms with Crippen molar-refractivity contribution in [1.29, 1.82) is 0 Å². The summed E-state index contributed by atoms with van der Waals surface area (Å²) in [6, 6.07) is 0. The highest BCUT2D eigenvalue weighted by Crippen LogP contribution is 2.39. The highest BCUT2D eigenvalue weighted by molar-refractivity contribution is 5.90. The van der Waals surface area contributed by atoms with Gasteiger partial charge in [-0.05, 0) is 33.1 Å². The molecule has 2 fully saturated rings. The first-order chi connectivity index (χ1) is 5.46. The summed E-state index contributed by atoms with van der Waals surface area (Å²) < 4.78 is 0. The smallest absolute Gasteiger partial charge is 0.243 e. The van der Waals surface area contributed by atoms with E-state index in [1.807, 2.05) is 4.90 Å². The average Bonchev–Trinajstić information content (AvgIpc) is 2.67. The Hall–Kier alpha value is -0.280. The number of carbonyl (C=O) groups excluding carboxylic acids is 1. The first-order valence-corrected chi connectivity index (χ1v) is 4.57. The molecule has 2 rings (SSSR count). The molecule has 2 N–H and O–H groups in total. The predicted octanol–water partition coefficient (Wildman–Crippen LogP) is 0.910. The number of rotatable bonds is 1. The molecule has 0 aromatic rings. The lowest BCUT2D eigenvalue weighted by molar-refractivity contribution is -0.147. The molecule has 76 valence electrons. The fraction of sp³-hybridized carbons (Fsp3) is 0.889. The third kappa shape index (κ3) is 1.55. The van der Waals surface area contributed by atoms with Crippen LogP contribution in [0.2, 0.25) is 0 Å². The largest absolute Gasteiger partial charge is 0.336 e. The van der Waals surface area contributed by atoms with Crippen molar-refractivity contribution in [3.8, 4) is 0 Å². The van der Waals surface area contributed by atoms with Gasteiger partial charge in [-0.25, -0.2) is 0 Å². The van der Waals surface area contributed by atoms with Crippen LogP contribution in [0.15, 0.2) is 0 Å². The van der Waals surface area contributed by atoms with Crippen molar-refractivity contribution < 1.29 is 4.79 Å². The van der Waals surface area contributed by atoms with Gasteiger partial charge in [-0.15, -0.1) is 12.4 Å². The molecule has 2 aliphatic rings. The van der Waals surface area contributed by atoms with E-state index in [4.69, 9.17) is 5.73 Å². The van der Waals surface area contributed by atoms with Gasteiger partial charge in [0.15, 0.2) is 0 Å². The number of halogens is 1. The molecule has 3 nitrogen and oxygen atoms in total. The van der Waals surface area contributed by atoms with E-state index >= 15 is 0 Å². The van der Waals surface area contributed by atoms with Crippen LogP contribution >= 0.6 is 12.4 Å². The van der Waals surface area contributed by atoms with E-state index in [0.29, 0.717) is 0 Å². The quantitative estimate of drug-likeness (QED) is 0.690. The van der Waals surface area contributed by atoms with Crippen LogP contribution in [-0.2, 0) is 4.79 Å². The Kier molecular flexibility index (Phi) is 2.37. The number of likely N-dealkylation sites (tertiary alicyclic amines) is 1. The second-order valence-electron chi connectivity index (χ2n) is 4.68. The summed E-state index contributed by atoms with van der Waals surface area (Å²) in [4.78, 5) is 13.6. The summed E-state index contributed by atoms with van der Waals surface area (Å²) >= 11 is 0. The van der Waals surface area contributed by atoms with Crippen molar-refractivity contribution in [1.82, 2.24) is 4.90 Å². The highest BCUT2D eigenvalue weighted by atomic mass is 35.5. The van der Waals surface area contributed by atoms with Gasteiger partial charge in [0.05, 0.1) is 5.54 Å². The van der Waals surface area contributed by atoms with E-state index in [9.17, 15) is 4.79 Å². The third-order valence-electron chi connectivity index (χ3n) is 3.14. The van der Waals surface area contributed by atoms with Gasteiger partial charge in [-0.1, -0.05) is 0 Å². The van der Waals surface area contributed by atoms with Crippen molar-refractivity contribution in [2.24, 2.45) is 5.73 Å². The van der Waals surface area contributed by atoms with Gasteiger partial charge in [0.25, 0.3) is 0 Å². The Morgan fingerprint density at radius 1 is 1.31 bits per heavy atom. The molecule has 0 unspecified atom stereocenters. The monoisotopic (exact) mass is 204 g/mol. The van der Waals surface area contributed by atoms with Crippen LogP contribution in [0.25, 0.3) is 0 Å². The minimum absolute atomic E-state index is 0. The molecule has 0 spiro atoms. The van der Waals surface area contributed by atoms with Gasteiger partial charge >= 0.3 is 0 Å². The summed E-state index contributed by atoms with van der Waals surface area (Å²) in [6.07, 6.45) is 2.85. The highest BCUT2D eigenvalue weighted by Gasteiger charge is 2.53. The molecule has 13 heavy (non-hydrogen) atoms. The molecule has 1 aliphatic carbocycles. The van der Waals surface area contributed by atoms with Gasteiger partial charge in [-0.2, -0.15) is 0 Å². The first kappa shape index (κ1) is 10.8. The van der Waals surface area contributed by atoms with E-state index in [2.05, 4.69) is 13.8 Å². The maximum Gasteiger partial charge on any atom is 0.243 e. The summed E-state index contributed by atoms with van der Waals surface area (Å²) in [7, 11) is 0. The molecular formula is C9H17ClN2O. The van der Waals surface area contributed by atoms with Crippen LogP contribution in [0.3, 0.4) is 0 Å². The van der Waals surface area contributed by atoms with E-state index in [0.717, 1.165) is 25.8 Å². The second-order valence-corrected chi connectivity index (χ2v) is 4.68. The van der Waals surface area contributed by atoms with Crippen LogP contribution in [0.5, 0.6) is 0 Å². The van der Waals surface area contributed by atoms with Crippen LogP contribution in [0.1, 0.15) is 33.1 Å². The summed E-state index contributed by atoms with van der Waals surface area (Å²) in [5.74, 6) is 0.166. The third-order valence-corrected chi connectivity index (χ3v) is 3.14.